The summed E-state index contributed by atoms with van der Waals surface area (Å²) >= 11 is 0. The van der Waals surface area contributed by atoms with Crippen molar-refractivity contribution in [3.63, 3.8) is 0 Å². The second kappa shape index (κ2) is 5.42. The van der Waals surface area contributed by atoms with Gasteiger partial charge in [0.2, 0.25) is 0 Å². The zero-order valence-electron chi connectivity index (χ0n) is 6.86. The fourth-order valence-corrected chi connectivity index (χ4v) is 0. The number of quaternary nitrogens is 1. The van der Waals surface area contributed by atoms with Crippen molar-refractivity contribution < 1.29 is 24.8 Å². The normalized spacial score (nSPS) is 8.57. The van der Waals surface area contributed by atoms with Gasteiger partial charge in [0.1, 0.15) is 0 Å². The molecular formula is C4H14ILiN+. The minimum atomic E-state index is 0. The molecule has 0 saturated carbocycles. The summed E-state index contributed by atoms with van der Waals surface area (Å²) in [6.45, 7) is 0. The van der Waals surface area contributed by atoms with E-state index in [0.717, 1.165) is 4.48 Å². The van der Waals surface area contributed by atoms with Crippen molar-refractivity contribution in [3.05, 3.63) is 0 Å². The van der Waals surface area contributed by atoms with Crippen LogP contribution in [0.2, 0.25) is 0 Å². The molecule has 0 amide bonds. The molecule has 0 spiro atoms. The predicted molar refractivity (Wildman–Crippen MR) is 40.5 cm³/mol. The van der Waals surface area contributed by atoms with Gasteiger partial charge in [-0.15, -0.1) is 24.0 Å². The van der Waals surface area contributed by atoms with E-state index in [-0.39, 0.29) is 44.3 Å². The molecule has 0 unspecified atom stereocenters. The Labute approximate surface area is 76.7 Å². The molecule has 0 aliphatic heterocycles. The maximum atomic E-state index is 2.12. The van der Waals surface area contributed by atoms with Gasteiger partial charge in [-0.05, 0) is 0 Å². The summed E-state index contributed by atoms with van der Waals surface area (Å²) in [5, 5.41) is 0. The average molecular weight is 210 g/mol. The van der Waals surface area contributed by atoms with Gasteiger partial charge in [0.05, 0.1) is 28.2 Å². The van der Waals surface area contributed by atoms with Crippen LogP contribution in [0.15, 0.2) is 0 Å². The summed E-state index contributed by atoms with van der Waals surface area (Å²) in [6.07, 6.45) is 0. The van der Waals surface area contributed by atoms with Crippen molar-refractivity contribution >= 4 is 24.0 Å². The van der Waals surface area contributed by atoms with Crippen molar-refractivity contribution in [1.29, 1.82) is 0 Å². The Morgan fingerprint density at radius 2 is 1.00 bits per heavy atom. The van der Waals surface area contributed by atoms with Crippen LogP contribution in [-0.2, 0) is 0 Å². The Balaban J connectivity index is -0.0000000267. The Morgan fingerprint density at radius 3 is 1.00 bits per heavy atom. The maximum absolute atomic E-state index is 2.12. The first kappa shape index (κ1) is 15.7. The van der Waals surface area contributed by atoms with Gasteiger partial charge in [-0.2, -0.15) is 0 Å². The molecule has 0 rings (SSSR count). The zero-order valence-corrected chi connectivity index (χ0v) is 8.19. The standard InChI is InChI=1S/C4H12N.HI.Li.H/c1-5(2,3)4;;;/h1-4H3;1H;;/q+1;;+1;-1. The van der Waals surface area contributed by atoms with E-state index in [1.54, 1.807) is 0 Å². The predicted octanol–water partition coefficient (Wildman–Crippen LogP) is -1.94. The summed E-state index contributed by atoms with van der Waals surface area (Å²) < 4.78 is 1.00. The molecule has 0 aromatic heterocycles. The minimum absolute atomic E-state index is 0. The van der Waals surface area contributed by atoms with Crippen LogP contribution in [0.5, 0.6) is 0 Å². The first-order valence-electron chi connectivity index (χ1n) is 1.79. The summed E-state index contributed by atoms with van der Waals surface area (Å²) in [7, 11) is 8.50. The third-order valence-corrected chi connectivity index (χ3v) is 0. The van der Waals surface area contributed by atoms with Crippen molar-refractivity contribution in [3.8, 4) is 0 Å². The molecule has 0 radical (unpaired) electrons. The van der Waals surface area contributed by atoms with E-state index in [4.69, 9.17) is 0 Å². The van der Waals surface area contributed by atoms with Crippen LogP contribution < -0.4 is 18.9 Å². The number of hydrogen-bond donors (Lipinski definition) is 0. The average Bonchev–Trinajstić information content (AvgIpc) is 0.722. The first-order chi connectivity index (χ1) is 2.00. The molecule has 7 heavy (non-hydrogen) atoms. The molecule has 42 valence electrons. The fourth-order valence-electron chi connectivity index (χ4n) is 0. The van der Waals surface area contributed by atoms with Gasteiger partial charge in [0.15, 0.2) is 0 Å². The van der Waals surface area contributed by atoms with Crippen LogP contribution in [-0.4, -0.2) is 32.7 Å². The summed E-state index contributed by atoms with van der Waals surface area (Å²) in [6, 6.07) is 0. The van der Waals surface area contributed by atoms with E-state index >= 15 is 0 Å². The second-order valence-corrected chi connectivity index (χ2v) is 2.68. The Morgan fingerprint density at radius 1 is 1.00 bits per heavy atom. The minimum Gasteiger partial charge on any atom is -1.00 e. The summed E-state index contributed by atoms with van der Waals surface area (Å²) in [5.41, 5.74) is 0. The van der Waals surface area contributed by atoms with Crippen LogP contribution in [0, 0.1) is 0 Å². The van der Waals surface area contributed by atoms with Gasteiger partial charge in [0, 0.05) is 0 Å². The zero-order chi connectivity index (χ0) is 4.50. The molecule has 0 aliphatic rings. The summed E-state index contributed by atoms with van der Waals surface area (Å²) in [5.74, 6) is 0. The summed E-state index contributed by atoms with van der Waals surface area (Å²) in [4.78, 5) is 0. The molecule has 0 N–H and O–H groups in total. The third kappa shape index (κ3) is 123. The molecule has 0 fully saturated rings. The van der Waals surface area contributed by atoms with E-state index in [0.29, 0.717) is 0 Å². The van der Waals surface area contributed by atoms with Gasteiger partial charge in [0.25, 0.3) is 0 Å². The SMILES string of the molecule is C[N+](C)(C)C.I.[H-].[Li+]. The van der Waals surface area contributed by atoms with E-state index in [1.165, 1.54) is 0 Å². The van der Waals surface area contributed by atoms with Gasteiger partial charge < -0.3 is 5.91 Å². The quantitative estimate of drug-likeness (QED) is 0.248. The van der Waals surface area contributed by atoms with Crippen LogP contribution in [0.25, 0.3) is 0 Å². The van der Waals surface area contributed by atoms with Gasteiger partial charge >= 0.3 is 18.9 Å². The Hall–Kier alpha value is 1.29. The number of rotatable bonds is 0. The van der Waals surface area contributed by atoms with E-state index in [1.807, 2.05) is 0 Å². The molecule has 0 aromatic rings. The Kier molecular flexibility index (Phi) is 12.2. The molecule has 1 nitrogen and oxygen atoms in total. The van der Waals surface area contributed by atoms with Crippen LogP contribution >= 0.6 is 24.0 Å². The van der Waals surface area contributed by atoms with Gasteiger partial charge in [-0.3, -0.25) is 0 Å². The van der Waals surface area contributed by atoms with Crippen LogP contribution in [0.1, 0.15) is 1.43 Å². The van der Waals surface area contributed by atoms with Gasteiger partial charge in [-0.1, -0.05) is 0 Å². The molecule has 0 saturated heterocycles. The third-order valence-electron chi connectivity index (χ3n) is 0. The first-order valence-corrected chi connectivity index (χ1v) is 1.79. The van der Waals surface area contributed by atoms with E-state index < -0.39 is 0 Å². The number of nitrogens with zero attached hydrogens (tertiary/aromatic N) is 1. The van der Waals surface area contributed by atoms with Gasteiger partial charge in [-0.25, -0.2) is 0 Å². The second-order valence-electron chi connectivity index (χ2n) is 2.68. The monoisotopic (exact) mass is 210 g/mol. The van der Waals surface area contributed by atoms with Crippen molar-refractivity contribution in [2.45, 2.75) is 0 Å². The van der Waals surface area contributed by atoms with E-state index in [2.05, 4.69) is 28.2 Å². The largest absolute Gasteiger partial charge is 1.00 e. The number of halogens is 1. The van der Waals surface area contributed by atoms with Crippen LogP contribution in [0.3, 0.4) is 0 Å². The molecule has 0 atom stereocenters. The molecule has 0 heterocycles. The smallest absolute Gasteiger partial charge is 1.00 e. The van der Waals surface area contributed by atoms with Crippen molar-refractivity contribution in [2.75, 3.05) is 28.2 Å². The Bertz CT molecular complexity index is 31.5. The molecule has 0 aromatic carbocycles. The van der Waals surface area contributed by atoms with Crippen molar-refractivity contribution in [1.82, 2.24) is 0 Å². The molecule has 0 aliphatic carbocycles. The fraction of sp³-hybridized carbons (Fsp3) is 1.00. The topological polar surface area (TPSA) is 0 Å². The van der Waals surface area contributed by atoms with E-state index in [9.17, 15) is 0 Å². The maximum Gasteiger partial charge on any atom is 1.00 e. The molecule has 3 heteroatoms. The van der Waals surface area contributed by atoms with Crippen molar-refractivity contribution in [2.24, 2.45) is 0 Å². The molecule has 0 bridgehead atoms. The van der Waals surface area contributed by atoms with Crippen LogP contribution in [0.4, 0.5) is 0 Å². The number of hydrogen-bond acceptors (Lipinski definition) is 0. The molecular weight excluding hydrogens is 196 g/mol.